The third-order valence-corrected chi connectivity index (χ3v) is 7.28. The van der Waals surface area contributed by atoms with Crippen LogP contribution in [0, 0.1) is 6.92 Å². The summed E-state index contributed by atoms with van der Waals surface area (Å²) in [5.74, 6) is 0. The molecule has 0 fully saturated rings. The Morgan fingerprint density at radius 3 is 1.92 bits per heavy atom. The van der Waals surface area contributed by atoms with E-state index in [1.807, 2.05) is 0 Å². The highest BCUT2D eigenvalue weighted by atomic mass is 28.4. The summed E-state index contributed by atoms with van der Waals surface area (Å²) in [5, 5.41) is 1.07. The molecule has 2 rings (SSSR count). The predicted molar refractivity (Wildman–Crippen MR) is 101 cm³/mol. The number of aryl methyl sites for hydroxylation is 4. The minimum atomic E-state index is -2.82. The van der Waals surface area contributed by atoms with Crippen molar-refractivity contribution in [2.24, 2.45) is 0 Å². The SMILES string of the molecule is CCc1ccc([Si](OC)(OC)OC)c(CCc2ccc(C)cc2)c1. The summed E-state index contributed by atoms with van der Waals surface area (Å²) in [7, 11) is 2.17. The molecule has 0 bridgehead atoms. The van der Waals surface area contributed by atoms with Gasteiger partial charge in [0.2, 0.25) is 0 Å². The third-order valence-electron chi connectivity index (χ3n) is 4.52. The molecule has 0 aliphatic heterocycles. The second kappa shape index (κ2) is 8.58. The molecule has 0 amide bonds. The Labute approximate surface area is 146 Å². The van der Waals surface area contributed by atoms with Crippen LogP contribution in [0.2, 0.25) is 0 Å². The van der Waals surface area contributed by atoms with Crippen LogP contribution in [-0.2, 0) is 32.5 Å². The van der Waals surface area contributed by atoms with Crippen LogP contribution >= 0.6 is 0 Å². The van der Waals surface area contributed by atoms with Gasteiger partial charge in [-0.15, -0.1) is 0 Å². The van der Waals surface area contributed by atoms with E-state index in [1.165, 1.54) is 22.3 Å². The van der Waals surface area contributed by atoms with Crippen molar-refractivity contribution in [3.8, 4) is 0 Å². The van der Waals surface area contributed by atoms with Crippen LogP contribution in [0.1, 0.15) is 29.2 Å². The Morgan fingerprint density at radius 1 is 0.792 bits per heavy atom. The molecule has 2 aromatic carbocycles. The molecule has 0 aliphatic carbocycles. The van der Waals surface area contributed by atoms with Gasteiger partial charge in [-0.1, -0.05) is 55.0 Å². The van der Waals surface area contributed by atoms with Crippen LogP contribution < -0.4 is 5.19 Å². The zero-order chi connectivity index (χ0) is 17.6. The summed E-state index contributed by atoms with van der Waals surface area (Å²) in [6.07, 6.45) is 2.94. The molecule has 0 aliphatic rings. The van der Waals surface area contributed by atoms with Gasteiger partial charge in [0, 0.05) is 26.5 Å². The summed E-state index contributed by atoms with van der Waals surface area (Å²) >= 11 is 0. The highest BCUT2D eigenvalue weighted by Gasteiger charge is 2.42. The Hall–Kier alpha value is -1.46. The first-order valence-electron chi connectivity index (χ1n) is 8.41. The maximum Gasteiger partial charge on any atom is 0.536 e. The molecule has 0 heterocycles. The van der Waals surface area contributed by atoms with Gasteiger partial charge in [0.15, 0.2) is 0 Å². The molecule has 0 saturated carbocycles. The van der Waals surface area contributed by atoms with E-state index in [4.69, 9.17) is 13.3 Å². The first-order valence-corrected chi connectivity index (χ1v) is 10.1. The van der Waals surface area contributed by atoms with Gasteiger partial charge in [-0.3, -0.25) is 0 Å². The Morgan fingerprint density at radius 2 is 1.38 bits per heavy atom. The van der Waals surface area contributed by atoms with Crippen molar-refractivity contribution in [2.75, 3.05) is 21.3 Å². The number of hydrogen-bond acceptors (Lipinski definition) is 3. The molecular formula is C20H28O3Si. The second-order valence-electron chi connectivity index (χ2n) is 6.00. The molecule has 0 saturated heterocycles. The van der Waals surface area contributed by atoms with Gasteiger partial charge in [-0.05, 0) is 42.9 Å². The standard InChI is InChI=1S/C20H28O3Si/c1-6-17-12-14-20(24(21-3,22-4)23-5)19(15-17)13-11-18-9-7-16(2)8-10-18/h7-10,12,14-15H,6,11,13H2,1-5H3. The van der Waals surface area contributed by atoms with Gasteiger partial charge in [0.25, 0.3) is 0 Å². The fourth-order valence-electron chi connectivity index (χ4n) is 2.99. The van der Waals surface area contributed by atoms with E-state index in [-0.39, 0.29) is 0 Å². The molecule has 0 unspecified atom stereocenters. The smallest absolute Gasteiger partial charge is 0.373 e. The summed E-state index contributed by atoms with van der Waals surface area (Å²) in [5.41, 5.74) is 5.21. The fourth-order valence-corrected chi connectivity index (χ4v) is 5.02. The molecule has 0 aromatic heterocycles. The van der Waals surface area contributed by atoms with Crippen LogP contribution in [0.4, 0.5) is 0 Å². The minimum Gasteiger partial charge on any atom is -0.373 e. The lowest BCUT2D eigenvalue weighted by Crippen LogP contribution is -2.56. The zero-order valence-corrected chi connectivity index (χ0v) is 16.4. The van der Waals surface area contributed by atoms with Crippen molar-refractivity contribution in [1.82, 2.24) is 0 Å². The van der Waals surface area contributed by atoms with Gasteiger partial charge in [-0.2, -0.15) is 0 Å². The van der Waals surface area contributed by atoms with Crippen LogP contribution in [0.15, 0.2) is 42.5 Å². The van der Waals surface area contributed by atoms with E-state index in [0.717, 1.165) is 24.4 Å². The first kappa shape index (κ1) is 18.9. The lowest BCUT2D eigenvalue weighted by Gasteiger charge is -2.27. The van der Waals surface area contributed by atoms with Gasteiger partial charge >= 0.3 is 8.80 Å². The number of hydrogen-bond donors (Lipinski definition) is 0. The maximum absolute atomic E-state index is 5.70. The Bertz CT molecular complexity index is 640. The monoisotopic (exact) mass is 344 g/mol. The van der Waals surface area contributed by atoms with E-state index in [2.05, 4.69) is 56.3 Å². The minimum absolute atomic E-state index is 0.942. The van der Waals surface area contributed by atoms with Crippen molar-refractivity contribution >= 4 is 14.0 Å². The summed E-state index contributed by atoms with van der Waals surface area (Å²) < 4.78 is 17.1. The summed E-state index contributed by atoms with van der Waals surface area (Å²) in [6.45, 7) is 4.29. The molecule has 0 spiro atoms. The van der Waals surface area contributed by atoms with Gasteiger partial charge in [0.05, 0.1) is 0 Å². The Kier molecular flexibility index (Phi) is 6.75. The van der Waals surface area contributed by atoms with E-state index in [1.54, 1.807) is 21.3 Å². The zero-order valence-electron chi connectivity index (χ0n) is 15.4. The first-order chi connectivity index (χ1) is 11.6. The Balaban J connectivity index is 2.33. The number of benzene rings is 2. The molecular weight excluding hydrogens is 316 g/mol. The fraction of sp³-hybridized carbons (Fsp3) is 0.400. The molecule has 24 heavy (non-hydrogen) atoms. The molecule has 3 nitrogen and oxygen atoms in total. The molecule has 0 N–H and O–H groups in total. The van der Waals surface area contributed by atoms with Crippen LogP contribution in [0.5, 0.6) is 0 Å². The van der Waals surface area contributed by atoms with Gasteiger partial charge in [0.1, 0.15) is 0 Å². The van der Waals surface area contributed by atoms with Crippen LogP contribution in [0.25, 0.3) is 0 Å². The lowest BCUT2D eigenvalue weighted by atomic mass is 10.0. The van der Waals surface area contributed by atoms with Crippen molar-refractivity contribution in [3.05, 3.63) is 64.7 Å². The molecule has 0 radical (unpaired) electrons. The van der Waals surface area contributed by atoms with Crippen molar-refractivity contribution in [3.63, 3.8) is 0 Å². The predicted octanol–water partition coefficient (Wildman–Crippen LogP) is 3.43. The largest absolute Gasteiger partial charge is 0.536 e. The topological polar surface area (TPSA) is 27.7 Å². The maximum atomic E-state index is 5.70. The third kappa shape index (κ3) is 4.14. The van der Waals surface area contributed by atoms with Gasteiger partial charge in [-0.25, -0.2) is 0 Å². The molecule has 130 valence electrons. The summed E-state index contributed by atoms with van der Waals surface area (Å²) in [4.78, 5) is 0. The van der Waals surface area contributed by atoms with Gasteiger partial charge < -0.3 is 13.3 Å². The van der Waals surface area contributed by atoms with E-state index >= 15 is 0 Å². The quantitative estimate of drug-likeness (QED) is 0.687. The average molecular weight is 345 g/mol. The van der Waals surface area contributed by atoms with Crippen LogP contribution in [0.3, 0.4) is 0 Å². The molecule has 4 heteroatoms. The lowest BCUT2D eigenvalue weighted by molar-refractivity contribution is 0.140. The number of rotatable bonds is 8. The molecule has 0 atom stereocenters. The normalized spacial score (nSPS) is 11.7. The van der Waals surface area contributed by atoms with E-state index in [0.29, 0.717) is 0 Å². The van der Waals surface area contributed by atoms with E-state index < -0.39 is 8.80 Å². The van der Waals surface area contributed by atoms with Crippen LogP contribution in [-0.4, -0.2) is 30.1 Å². The highest BCUT2D eigenvalue weighted by Crippen LogP contribution is 2.16. The second-order valence-corrected chi connectivity index (χ2v) is 8.88. The van der Waals surface area contributed by atoms with Crippen molar-refractivity contribution in [1.29, 1.82) is 0 Å². The summed E-state index contributed by atoms with van der Waals surface area (Å²) in [6, 6.07) is 15.3. The van der Waals surface area contributed by atoms with Crippen molar-refractivity contribution in [2.45, 2.75) is 33.1 Å². The van der Waals surface area contributed by atoms with Crippen molar-refractivity contribution < 1.29 is 13.3 Å². The highest BCUT2D eigenvalue weighted by molar-refractivity contribution is 6.75. The average Bonchev–Trinajstić information content (AvgIpc) is 2.63. The van der Waals surface area contributed by atoms with E-state index in [9.17, 15) is 0 Å². The molecule has 2 aromatic rings.